The summed E-state index contributed by atoms with van der Waals surface area (Å²) in [5.74, 6) is -0.404. The van der Waals surface area contributed by atoms with Gasteiger partial charge < -0.3 is 15.2 Å². The number of amides is 1. The smallest absolute Gasteiger partial charge is 0.339 e. The zero-order chi connectivity index (χ0) is 24.6. The number of carbonyl (C=O) groups is 1. The van der Waals surface area contributed by atoms with E-state index >= 15 is 0 Å². The van der Waals surface area contributed by atoms with Crippen molar-refractivity contribution >= 4 is 33.2 Å². The lowest BCUT2D eigenvalue weighted by Crippen LogP contribution is -2.49. The molecular formula is C25H29ClN5O3S+. The first kappa shape index (κ1) is 24.0. The van der Waals surface area contributed by atoms with Crippen LogP contribution < -0.4 is 15.4 Å². The fourth-order valence-electron chi connectivity index (χ4n) is 5.18. The second kappa shape index (κ2) is 9.39. The number of halogens is 1. The number of benzene rings is 2. The summed E-state index contributed by atoms with van der Waals surface area (Å²) in [6, 6.07) is 14.3. The zero-order valence-corrected chi connectivity index (χ0v) is 21.0. The number of hydrogen-bond donors (Lipinski definition) is 3. The molecule has 1 saturated carbocycles. The van der Waals surface area contributed by atoms with Gasteiger partial charge in [0, 0.05) is 35.4 Å². The molecule has 2 unspecified atom stereocenters. The molecule has 0 bridgehead atoms. The number of aryl methyl sites for hydroxylation is 1. The molecule has 4 N–H and O–H groups in total. The van der Waals surface area contributed by atoms with Crippen LogP contribution in [0.2, 0.25) is 5.02 Å². The van der Waals surface area contributed by atoms with Crippen LogP contribution in [0.1, 0.15) is 42.0 Å². The minimum Gasteiger partial charge on any atom is -0.339 e. The minimum atomic E-state index is -3.61. The highest BCUT2D eigenvalue weighted by Crippen LogP contribution is 2.53. The van der Waals surface area contributed by atoms with Crippen molar-refractivity contribution in [2.45, 2.75) is 42.2 Å². The van der Waals surface area contributed by atoms with Crippen LogP contribution in [0.25, 0.3) is 0 Å². The van der Waals surface area contributed by atoms with Crippen LogP contribution >= 0.6 is 11.6 Å². The number of nitrogens with zero attached hydrogens (tertiary/aromatic N) is 2. The SMILES string of the molecule is Cn1cnc(S(=O)(=[OH+])NCC(=O)Nc2ccc3c(c2)C(C2(c4ccc(Cl)cc4)CCC2)NCC3)c1. The average molecular weight is 515 g/mol. The highest BCUT2D eigenvalue weighted by Gasteiger charge is 2.47. The molecule has 1 amide bonds. The highest BCUT2D eigenvalue weighted by molar-refractivity contribution is 7.89. The van der Waals surface area contributed by atoms with Crippen molar-refractivity contribution in [2.75, 3.05) is 18.4 Å². The summed E-state index contributed by atoms with van der Waals surface area (Å²) < 4.78 is 26.7. The maximum atomic E-state index is 12.6. The summed E-state index contributed by atoms with van der Waals surface area (Å²) in [6.07, 6.45) is 7.16. The molecule has 0 radical (unpaired) electrons. The number of hydrogen-bond acceptors (Lipinski definition) is 4. The zero-order valence-electron chi connectivity index (χ0n) is 19.5. The molecule has 1 aliphatic heterocycles. The van der Waals surface area contributed by atoms with Crippen LogP contribution in [0.3, 0.4) is 0 Å². The molecule has 2 atom stereocenters. The predicted molar refractivity (Wildman–Crippen MR) is 136 cm³/mol. The van der Waals surface area contributed by atoms with Crippen molar-refractivity contribution in [3.8, 4) is 0 Å². The van der Waals surface area contributed by atoms with Crippen LogP contribution in [-0.4, -0.2) is 37.0 Å². The summed E-state index contributed by atoms with van der Waals surface area (Å²) in [7, 11) is -1.91. The summed E-state index contributed by atoms with van der Waals surface area (Å²) in [4.78, 5) is 16.5. The number of rotatable bonds is 7. The molecule has 1 aromatic heterocycles. The molecule has 2 aromatic carbocycles. The molecule has 184 valence electrons. The number of aromatic nitrogens is 2. The standard InChI is InChI=1S/C25H28ClN5O3S/c1-31-15-23(28-16-31)35(33,34)29-14-22(32)30-20-8-3-17-9-12-27-24(21(17)13-20)25(10-2-11-25)18-4-6-19(26)7-5-18/h3-8,13,15-16,24,27H,2,9-12,14H2,1H3,(H,30,32)(H,29,33,34)/p+1. The van der Waals surface area contributed by atoms with Gasteiger partial charge in [0.05, 0.1) is 12.9 Å². The van der Waals surface area contributed by atoms with Gasteiger partial charge in [-0.1, -0.05) is 36.2 Å². The quantitative estimate of drug-likeness (QED) is 0.419. The fourth-order valence-corrected chi connectivity index (χ4v) is 6.28. The topological polar surface area (TPSA) is 109 Å². The van der Waals surface area contributed by atoms with Gasteiger partial charge in [0.2, 0.25) is 10.9 Å². The Labute approximate surface area is 210 Å². The molecule has 5 rings (SSSR count). The van der Waals surface area contributed by atoms with Crippen molar-refractivity contribution in [2.24, 2.45) is 7.05 Å². The van der Waals surface area contributed by atoms with Gasteiger partial charge in [-0.25, -0.2) is 9.19 Å². The second-order valence-corrected chi connectivity index (χ2v) is 11.5. The van der Waals surface area contributed by atoms with E-state index in [2.05, 4.69) is 38.5 Å². The Bertz CT molecular complexity index is 1350. The Morgan fingerprint density at radius 2 is 2.06 bits per heavy atom. The van der Waals surface area contributed by atoms with E-state index in [9.17, 15) is 13.2 Å². The van der Waals surface area contributed by atoms with Crippen LogP contribution in [-0.2, 0) is 33.7 Å². The molecule has 1 aliphatic carbocycles. The number of imidazole rings is 1. The normalized spacial score (nSPS) is 20.3. The predicted octanol–water partition coefficient (Wildman–Crippen LogP) is 3.46. The Hall–Kier alpha value is -2.72. The number of nitrogens with one attached hydrogen (secondary N) is 3. The van der Waals surface area contributed by atoms with Gasteiger partial charge in [-0.15, -0.1) is 0 Å². The van der Waals surface area contributed by atoms with Crippen molar-refractivity contribution in [1.29, 1.82) is 0 Å². The molecule has 10 heteroatoms. The minimum absolute atomic E-state index is 0.00492. The summed E-state index contributed by atoms with van der Waals surface area (Å²) >= 11 is 6.15. The maximum absolute atomic E-state index is 12.6. The molecule has 3 aromatic rings. The number of carbonyl (C=O) groups excluding carboxylic acids is 1. The third-order valence-corrected chi connectivity index (χ3v) is 8.66. The Morgan fingerprint density at radius 1 is 1.29 bits per heavy atom. The Balaban J connectivity index is 1.33. The van der Waals surface area contributed by atoms with E-state index in [1.807, 2.05) is 24.3 Å². The van der Waals surface area contributed by atoms with Gasteiger partial charge in [-0.05, 0) is 66.8 Å². The van der Waals surface area contributed by atoms with Gasteiger partial charge in [0.25, 0.3) is 0 Å². The molecule has 0 spiro atoms. The van der Waals surface area contributed by atoms with Gasteiger partial charge in [0.15, 0.2) is 0 Å². The first-order valence-corrected chi connectivity index (χ1v) is 13.6. The van der Waals surface area contributed by atoms with E-state index < -0.39 is 15.9 Å². The van der Waals surface area contributed by atoms with Crippen molar-refractivity contribution < 1.29 is 13.2 Å². The third-order valence-electron chi connectivity index (χ3n) is 7.09. The highest BCUT2D eigenvalue weighted by atomic mass is 35.5. The number of fused-ring (bicyclic) bond motifs is 1. The van der Waals surface area contributed by atoms with Crippen LogP contribution in [0.5, 0.6) is 0 Å². The van der Waals surface area contributed by atoms with Crippen molar-refractivity contribution in [3.05, 3.63) is 76.7 Å². The van der Waals surface area contributed by atoms with E-state index in [0.717, 1.165) is 30.8 Å². The van der Waals surface area contributed by atoms with Gasteiger partial charge in [0.1, 0.15) is 0 Å². The summed E-state index contributed by atoms with van der Waals surface area (Å²) in [5, 5.41) is 7.33. The van der Waals surface area contributed by atoms with Crippen LogP contribution in [0, 0.1) is 0 Å². The summed E-state index contributed by atoms with van der Waals surface area (Å²) in [6.45, 7) is 0.584. The molecule has 35 heavy (non-hydrogen) atoms. The van der Waals surface area contributed by atoms with Crippen LogP contribution in [0.15, 0.2) is 60.0 Å². The van der Waals surface area contributed by atoms with Gasteiger partial charge in [-0.3, -0.25) is 4.79 Å². The van der Waals surface area contributed by atoms with E-state index in [4.69, 9.17) is 11.6 Å². The molecule has 0 saturated heterocycles. The lowest BCUT2D eigenvalue weighted by molar-refractivity contribution is -0.115. The number of anilines is 1. The lowest BCUT2D eigenvalue weighted by atomic mass is 9.58. The average Bonchev–Trinajstić information content (AvgIpc) is 3.26. The monoisotopic (exact) mass is 514 g/mol. The first-order chi connectivity index (χ1) is 16.8. The van der Waals surface area contributed by atoms with Crippen molar-refractivity contribution in [1.82, 2.24) is 19.6 Å². The molecule has 8 nitrogen and oxygen atoms in total. The fraction of sp³-hybridized carbons (Fsp3) is 0.360. The van der Waals surface area contributed by atoms with E-state index in [1.54, 1.807) is 11.6 Å². The maximum Gasteiger partial charge on any atom is 0.392 e. The molecule has 2 aliphatic rings. The first-order valence-electron chi connectivity index (χ1n) is 11.7. The summed E-state index contributed by atoms with van der Waals surface area (Å²) in [5.41, 5.74) is 4.41. The van der Waals surface area contributed by atoms with Gasteiger partial charge in [-0.2, -0.15) is 8.93 Å². The lowest BCUT2D eigenvalue weighted by Gasteiger charge is -2.50. The van der Waals surface area contributed by atoms with E-state index in [0.29, 0.717) is 5.69 Å². The van der Waals surface area contributed by atoms with E-state index in [1.165, 1.54) is 35.6 Å². The Morgan fingerprint density at radius 3 is 2.71 bits per heavy atom. The van der Waals surface area contributed by atoms with Gasteiger partial charge >= 0.3 is 10.0 Å². The Kier molecular flexibility index (Phi) is 6.43. The molecule has 2 heterocycles. The van der Waals surface area contributed by atoms with Crippen molar-refractivity contribution in [3.63, 3.8) is 0 Å². The molecule has 1 fully saturated rings. The largest absolute Gasteiger partial charge is 0.392 e. The van der Waals surface area contributed by atoms with E-state index in [-0.39, 0.29) is 23.0 Å². The molecular weight excluding hydrogens is 486 g/mol. The van der Waals surface area contributed by atoms with Crippen LogP contribution in [0.4, 0.5) is 5.69 Å². The second-order valence-electron chi connectivity index (χ2n) is 9.34. The third kappa shape index (κ3) is 4.73.